The molecule has 0 aliphatic rings. The lowest BCUT2D eigenvalue weighted by Crippen LogP contribution is -2.10. The van der Waals surface area contributed by atoms with E-state index in [0.29, 0.717) is 0 Å². The van der Waals surface area contributed by atoms with E-state index in [1.807, 2.05) is 0 Å². The molecule has 0 fully saturated rings. The summed E-state index contributed by atoms with van der Waals surface area (Å²) < 4.78 is 34.9. The molecular weight excluding hydrogens is 220 g/mol. The Morgan fingerprint density at radius 1 is 1.50 bits per heavy atom. The van der Waals surface area contributed by atoms with Crippen LogP contribution in [0.25, 0.3) is 0 Å². The first kappa shape index (κ1) is 12.4. The van der Waals surface area contributed by atoms with Crippen molar-refractivity contribution in [3.05, 3.63) is 23.5 Å². The zero-order valence-electron chi connectivity index (χ0n) is 8.87. The summed E-state index contributed by atoms with van der Waals surface area (Å²) in [6.07, 6.45) is -0.649. The zero-order valence-corrected chi connectivity index (χ0v) is 8.87. The second kappa shape index (κ2) is 5.39. The van der Waals surface area contributed by atoms with Crippen LogP contribution in [0.2, 0.25) is 0 Å². The van der Waals surface area contributed by atoms with Crippen molar-refractivity contribution < 1.29 is 23.0 Å². The SMILES string of the molecule is CCOC(=O)c1cncc(OC)c1C(F)F. The number of halogens is 2. The van der Waals surface area contributed by atoms with Gasteiger partial charge in [-0.1, -0.05) is 0 Å². The standard InChI is InChI=1S/C10H11F2NO3/c1-3-16-10(14)6-4-13-5-7(15-2)8(6)9(11)12/h4-5,9H,3H2,1-2H3. The van der Waals surface area contributed by atoms with Crippen LogP contribution < -0.4 is 4.74 Å². The molecule has 1 heterocycles. The van der Waals surface area contributed by atoms with E-state index in [1.165, 1.54) is 7.11 Å². The van der Waals surface area contributed by atoms with Crippen LogP contribution in [-0.2, 0) is 4.74 Å². The Labute approximate surface area is 91.2 Å². The third kappa shape index (κ3) is 2.44. The fourth-order valence-corrected chi connectivity index (χ4v) is 1.21. The van der Waals surface area contributed by atoms with Crippen molar-refractivity contribution in [1.29, 1.82) is 0 Å². The van der Waals surface area contributed by atoms with E-state index < -0.39 is 18.0 Å². The third-order valence-corrected chi connectivity index (χ3v) is 1.88. The van der Waals surface area contributed by atoms with Gasteiger partial charge in [0.15, 0.2) is 0 Å². The number of carbonyl (C=O) groups is 1. The van der Waals surface area contributed by atoms with Gasteiger partial charge in [-0.2, -0.15) is 0 Å². The van der Waals surface area contributed by atoms with Crippen LogP contribution in [0.4, 0.5) is 8.78 Å². The first-order valence-corrected chi connectivity index (χ1v) is 4.59. The van der Waals surface area contributed by atoms with Gasteiger partial charge in [0.25, 0.3) is 6.43 Å². The van der Waals surface area contributed by atoms with Crippen LogP contribution in [0.1, 0.15) is 29.3 Å². The fraction of sp³-hybridized carbons (Fsp3) is 0.400. The summed E-state index contributed by atoms with van der Waals surface area (Å²) in [6, 6.07) is 0. The van der Waals surface area contributed by atoms with Crippen LogP contribution in [0, 0.1) is 0 Å². The summed E-state index contributed by atoms with van der Waals surface area (Å²) in [4.78, 5) is 15.0. The number of hydrogen-bond acceptors (Lipinski definition) is 4. The van der Waals surface area contributed by atoms with Crippen molar-refractivity contribution in [2.45, 2.75) is 13.3 Å². The second-order valence-corrected chi connectivity index (χ2v) is 2.82. The third-order valence-electron chi connectivity index (χ3n) is 1.88. The van der Waals surface area contributed by atoms with Crippen LogP contribution >= 0.6 is 0 Å². The monoisotopic (exact) mass is 231 g/mol. The summed E-state index contributed by atoms with van der Waals surface area (Å²) in [5.41, 5.74) is -0.757. The summed E-state index contributed by atoms with van der Waals surface area (Å²) in [6.45, 7) is 1.70. The van der Waals surface area contributed by atoms with Crippen molar-refractivity contribution in [3.63, 3.8) is 0 Å². The van der Waals surface area contributed by atoms with Crippen LogP contribution in [0.3, 0.4) is 0 Å². The summed E-state index contributed by atoms with van der Waals surface area (Å²) >= 11 is 0. The van der Waals surface area contributed by atoms with Crippen LogP contribution in [-0.4, -0.2) is 24.7 Å². The number of methoxy groups -OCH3 is 1. The molecule has 16 heavy (non-hydrogen) atoms. The van der Waals surface area contributed by atoms with Crippen molar-refractivity contribution in [1.82, 2.24) is 4.98 Å². The van der Waals surface area contributed by atoms with Gasteiger partial charge in [0.2, 0.25) is 0 Å². The normalized spacial score (nSPS) is 10.3. The van der Waals surface area contributed by atoms with Gasteiger partial charge < -0.3 is 9.47 Å². The highest BCUT2D eigenvalue weighted by atomic mass is 19.3. The quantitative estimate of drug-likeness (QED) is 0.745. The Balaban J connectivity index is 3.22. The first-order chi connectivity index (χ1) is 7.61. The van der Waals surface area contributed by atoms with E-state index in [2.05, 4.69) is 9.72 Å². The molecule has 0 radical (unpaired) electrons. The van der Waals surface area contributed by atoms with Gasteiger partial charge in [-0.05, 0) is 6.92 Å². The van der Waals surface area contributed by atoms with E-state index in [1.54, 1.807) is 6.92 Å². The minimum absolute atomic E-state index is 0.110. The highest BCUT2D eigenvalue weighted by Gasteiger charge is 2.24. The molecule has 0 spiro atoms. The number of pyridine rings is 1. The Kier molecular flexibility index (Phi) is 4.16. The van der Waals surface area contributed by atoms with Crippen LogP contribution in [0.15, 0.2) is 12.4 Å². The molecule has 1 rings (SSSR count). The average molecular weight is 231 g/mol. The van der Waals surface area contributed by atoms with E-state index in [-0.39, 0.29) is 17.9 Å². The van der Waals surface area contributed by atoms with E-state index in [4.69, 9.17) is 4.74 Å². The lowest BCUT2D eigenvalue weighted by atomic mass is 10.1. The fourth-order valence-electron chi connectivity index (χ4n) is 1.21. The minimum atomic E-state index is -2.82. The highest BCUT2D eigenvalue weighted by Crippen LogP contribution is 2.31. The maximum atomic E-state index is 12.8. The maximum Gasteiger partial charge on any atom is 0.340 e. The highest BCUT2D eigenvalue weighted by molar-refractivity contribution is 5.91. The predicted molar refractivity (Wildman–Crippen MR) is 51.7 cm³/mol. The number of nitrogens with zero attached hydrogens (tertiary/aromatic N) is 1. The molecule has 0 atom stereocenters. The molecule has 88 valence electrons. The number of ether oxygens (including phenoxy) is 2. The Morgan fingerprint density at radius 2 is 2.19 bits per heavy atom. The lowest BCUT2D eigenvalue weighted by Gasteiger charge is -2.11. The van der Waals surface area contributed by atoms with Crippen molar-refractivity contribution >= 4 is 5.97 Å². The molecule has 0 aliphatic heterocycles. The van der Waals surface area contributed by atoms with E-state index in [0.717, 1.165) is 12.4 Å². The molecule has 6 heteroatoms. The van der Waals surface area contributed by atoms with Crippen molar-refractivity contribution in [2.24, 2.45) is 0 Å². The molecule has 0 saturated heterocycles. The number of rotatable bonds is 4. The van der Waals surface area contributed by atoms with Gasteiger partial charge in [-0.25, -0.2) is 13.6 Å². The number of hydrogen-bond donors (Lipinski definition) is 0. The Hall–Kier alpha value is -1.72. The molecule has 1 aromatic heterocycles. The summed E-state index contributed by atoms with van der Waals surface area (Å²) in [5.74, 6) is -0.954. The summed E-state index contributed by atoms with van der Waals surface area (Å²) in [7, 11) is 1.23. The number of esters is 1. The van der Waals surface area contributed by atoms with Gasteiger partial charge in [0.05, 0.1) is 31.0 Å². The molecule has 0 amide bonds. The number of aromatic nitrogens is 1. The molecule has 0 N–H and O–H groups in total. The zero-order chi connectivity index (χ0) is 12.1. The van der Waals surface area contributed by atoms with Gasteiger partial charge >= 0.3 is 5.97 Å². The smallest absolute Gasteiger partial charge is 0.340 e. The average Bonchev–Trinajstić information content (AvgIpc) is 2.28. The number of alkyl halides is 2. The molecule has 0 aliphatic carbocycles. The minimum Gasteiger partial charge on any atom is -0.495 e. The Bertz CT molecular complexity index is 382. The van der Waals surface area contributed by atoms with Gasteiger partial charge in [-0.15, -0.1) is 0 Å². The van der Waals surface area contributed by atoms with E-state index >= 15 is 0 Å². The van der Waals surface area contributed by atoms with Crippen molar-refractivity contribution in [2.75, 3.05) is 13.7 Å². The van der Waals surface area contributed by atoms with Crippen molar-refractivity contribution in [3.8, 4) is 5.75 Å². The van der Waals surface area contributed by atoms with Gasteiger partial charge in [0, 0.05) is 6.20 Å². The molecule has 0 saturated carbocycles. The van der Waals surface area contributed by atoms with Crippen LogP contribution in [0.5, 0.6) is 5.75 Å². The molecular formula is C10H11F2NO3. The van der Waals surface area contributed by atoms with E-state index in [9.17, 15) is 13.6 Å². The summed E-state index contributed by atoms with van der Waals surface area (Å²) in [5, 5.41) is 0. The predicted octanol–water partition coefficient (Wildman–Crippen LogP) is 2.20. The molecule has 4 nitrogen and oxygen atoms in total. The second-order valence-electron chi connectivity index (χ2n) is 2.82. The van der Waals surface area contributed by atoms with Gasteiger partial charge in [0.1, 0.15) is 5.75 Å². The lowest BCUT2D eigenvalue weighted by molar-refractivity contribution is 0.0513. The topological polar surface area (TPSA) is 48.4 Å². The number of carbonyl (C=O) groups excluding carboxylic acids is 1. The van der Waals surface area contributed by atoms with Gasteiger partial charge in [-0.3, -0.25) is 4.98 Å². The molecule has 0 unspecified atom stereocenters. The first-order valence-electron chi connectivity index (χ1n) is 4.59. The Morgan fingerprint density at radius 3 is 2.69 bits per heavy atom. The molecule has 0 bridgehead atoms. The molecule has 0 aromatic carbocycles. The molecule has 1 aromatic rings. The largest absolute Gasteiger partial charge is 0.495 e. The maximum absolute atomic E-state index is 12.8.